The van der Waals surface area contributed by atoms with Crippen molar-refractivity contribution in [3.63, 3.8) is 0 Å². The Bertz CT molecular complexity index is 1420. The number of halogens is 1. The summed E-state index contributed by atoms with van der Waals surface area (Å²) < 4.78 is 0. The summed E-state index contributed by atoms with van der Waals surface area (Å²) >= 11 is 6.31. The molecule has 6 nitrogen and oxygen atoms in total. The second-order valence-electron chi connectivity index (χ2n) is 8.60. The monoisotopic (exact) mass is 468 g/mol. The fraction of sp³-hybridized carbons (Fsp3) is 0.222. The summed E-state index contributed by atoms with van der Waals surface area (Å²) in [5, 5.41) is 10.9. The number of aryl methyl sites for hydroxylation is 1. The van der Waals surface area contributed by atoms with Gasteiger partial charge in [-0.15, -0.1) is 6.42 Å². The molecule has 34 heavy (non-hydrogen) atoms. The minimum Gasteiger partial charge on any atom is -0.384 e. The maximum atomic E-state index is 14.2. The van der Waals surface area contributed by atoms with Crippen LogP contribution >= 0.6 is 11.6 Å². The molecule has 1 aliphatic carbocycles. The lowest BCUT2D eigenvalue weighted by atomic mass is 9.63. The second-order valence-corrected chi connectivity index (χ2v) is 9.04. The summed E-state index contributed by atoms with van der Waals surface area (Å²) in [6, 6.07) is 14.7. The number of rotatable bonds is 2. The number of ketones is 1. The molecule has 1 spiro atoms. The lowest BCUT2D eigenvalue weighted by molar-refractivity contribution is -0.124. The van der Waals surface area contributed by atoms with Crippen LogP contribution in [0.1, 0.15) is 30.4 Å². The van der Waals surface area contributed by atoms with Crippen LogP contribution in [-0.4, -0.2) is 18.2 Å². The number of benzene rings is 2. The van der Waals surface area contributed by atoms with E-state index in [1.165, 1.54) is 4.90 Å². The van der Waals surface area contributed by atoms with Crippen LogP contribution in [0.3, 0.4) is 0 Å². The average Bonchev–Trinajstić information content (AvgIpc) is 3.05. The summed E-state index contributed by atoms with van der Waals surface area (Å²) in [7, 11) is 0. The van der Waals surface area contributed by atoms with Gasteiger partial charge in [0.05, 0.1) is 17.8 Å². The van der Waals surface area contributed by atoms with Gasteiger partial charge in [-0.3, -0.25) is 19.4 Å². The van der Waals surface area contributed by atoms with Gasteiger partial charge >= 0.3 is 0 Å². The van der Waals surface area contributed by atoms with Gasteiger partial charge in [0.15, 0.2) is 5.78 Å². The van der Waals surface area contributed by atoms with Crippen molar-refractivity contribution in [2.24, 2.45) is 5.73 Å². The number of nitrogens with two attached hydrogens (primary N) is 1. The lowest BCUT2D eigenvalue weighted by Gasteiger charge is -2.44. The Morgan fingerprint density at radius 1 is 1.18 bits per heavy atom. The van der Waals surface area contributed by atoms with Gasteiger partial charge in [0.25, 0.3) is 0 Å². The van der Waals surface area contributed by atoms with Gasteiger partial charge in [0, 0.05) is 34.0 Å². The summed E-state index contributed by atoms with van der Waals surface area (Å²) in [5.41, 5.74) is 8.74. The van der Waals surface area contributed by atoms with Crippen molar-refractivity contribution in [1.82, 2.24) is 0 Å². The second kappa shape index (κ2) is 7.80. The average molecular weight is 469 g/mol. The quantitative estimate of drug-likeness (QED) is 0.670. The fourth-order valence-corrected chi connectivity index (χ4v) is 5.64. The Kier molecular flexibility index (Phi) is 5.01. The first kappa shape index (κ1) is 21.8. The molecule has 0 bridgehead atoms. The lowest BCUT2D eigenvalue weighted by Crippen LogP contribution is -2.52. The van der Waals surface area contributed by atoms with Crippen LogP contribution in [0.2, 0.25) is 5.02 Å². The zero-order chi connectivity index (χ0) is 24.2. The molecule has 5 rings (SSSR count). The number of hydrogen-bond acceptors (Lipinski definition) is 5. The Morgan fingerprint density at radius 2 is 1.94 bits per heavy atom. The van der Waals surface area contributed by atoms with E-state index in [9.17, 15) is 14.9 Å². The number of carbonyl (C=O) groups excluding carboxylic acids is 2. The van der Waals surface area contributed by atoms with Crippen LogP contribution in [0.15, 0.2) is 65.1 Å². The molecule has 2 heterocycles. The smallest absolute Gasteiger partial charge is 0.248 e. The number of amides is 1. The number of terminal acetylenes is 1. The van der Waals surface area contributed by atoms with Gasteiger partial charge in [-0.05, 0) is 43.5 Å². The molecule has 7 heteroatoms. The van der Waals surface area contributed by atoms with Crippen LogP contribution in [0.4, 0.5) is 11.4 Å². The Morgan fingerprint density at radius 3 is 2.68 bits per heavy atom. The minimum atomic E-state index is -1.62. The zero-order valence-corrected chi connectivity index (χ0v) is 19.3. The van der Waals surface area contributed by atoms with Crippen molar-refractivity contribution in [2.75, 3.05) is 16.3 Å². The molecule has 3 aliphatic rings. The molecule has 2 aromatic carbocycles. The normalized spacial score (nSPS) is 21.5. The number of hydrogen-bond donors (Lipinski definition) is 1. The third-order valence-corrected chi connectivity index (χ3v) is 7.07. The summed E-state index contributed by atoms with van der Waals surface area (Å²) in [6.07, 6.45) is 7.01. The van der Waals surface area contributed by atoms with Crippen LogP contribution in [0.5, 0.6) is 0 Å². The molecule has 0 fully saturated rings. The predicted molar refractivity (Wildman–Crippen MR) is 131 cm³/mol. The number of para-hydroxylation sites is 1. The molecule has 1 amide bonds. The maximum absolute atomic E-state index is 14.2. The predicted octanol–water partition coefficient (Wildman–Crippen LogP) is 4.09. The van der Waals surface area contributed by atoms with E-state index in [-0.39, 0.29) is 30.1 Å². The minimum absolute atomic E-state index is 0.0180. The van der Waals surface area contributed by atoms with Crippen LogP contribution in [0, 0.1) is 30.6 Å². The number of fused-ring (bicyclic) bond motifs is 3. The van der Waals surface area contributed by atoms with Gasteiger partial charge in [-0.25, -0.2) is 0 Å². The number of anilines is 2. The van der Waals surface area contributed by atoms with Crippen molar-refractivity contribution in [1.29, 1.82) is 5.26 Å². The highest BCUT2D eigenvalue weighted by Gasteiger charge is 2.62. The number of Topliss-reactive ketones (excluding diaryl/α,β-unsaturated/α-hetero) is 1. The van der Waals surface area contributed by atoms with Crippen molar-refractivity contribution in [3.8, 4) is 18.4 Å². The molecule has 1 atom stereocenters. The molecule has 0 saturated heterocycles. The van der Waals surface area contributed by atoms with E-state index in [1.807, 2.05) is 13.0 Å². The number of nitrogens with zero attached hydrogens (tertiary/aromatic N) is 3. The van der Waals surface area contributed by atoms with E-state index in [1.54, 1.807) is 41.3 Å². The van der Waals surface area contributed by atoms with E-state index in [4.69, 9.17) is 23.8 Å². The summed E-state index contributed by atoms with van der Waals surface area (Å²) in [6.45, 7) is 1.93. The van der Waals surface area contributed by atoms with Crippen molar-refractivity contribution in [3.05, 3.63) is 81.3 Å². The molecular weight excluding hydrogens is 448 g/mol. The SMILES string of the molecule is C#CCN1C(=O)[C@]2(C(C#N)=C(N)N(c3cc(Cl)ccc3C)C3=C2C(=O)CCC3)c2ccccc21. The number of carbonyl (C=O) groups is 2. The molecule has 0 radical (unpaired) electrons. The van der Waals surface area contributed by atoms with E-state index < -0.39 is 11.3 Å². The Labute approximate surface area is 202 Å². The third kappa shape index (κ3) is 2.70. The van der Waals surface area contributed by atoms with E-state index in [2.05, 4.69) is 12.0 Å². The highest BCUT2D eigenvalue weighted by atomic mass is 35.5. The standard InChI is InChI=1S/C27H21ClN4O2/c1-3-13-31-20-8-5-4-7-18(20)27(26(31)34)19(15-29)25(30)32(21-9-6-10-23(33)24(21)27)22-14-17(28)12-11-16(22)2/h1,4-5,7-8,11-12,14H,6,9-10,13,30H2,2H3/t27-/m0/s1. The van der Waals surface area contributed by atoms with Gasteiger partial charge in [-0.2, -0.15) is 5.26 Å². The molecule has 2 aliphatic heterocycles. The van der Waals surface area contributed by atoms with E-state index >= 15 is 0 Å². The van der Waals surface area contributed by atoms with Crippen LogP contribution in [0.25, 0.3) is 0 Å². The Balaban J connectivity index is 1.91. The van der Waals surface area contributed by atoms with Gasteiger partial charge in [-0.1, -0.05) is 41.8 Å². The summed E-state index contributed by atoms with van der Waals surface area (Å²) in [4.78, 5) is 31.0. The van der Waals surface area contributed by atoms with Crippen LogP contribution in [-0.2, 0) is 15.0 Å². The third-order valence-electron chi connectivity index (χ3n) is 6.84. The topological polar surface area (TPSA) is 90.4 Å². The summed E-state index contributed by atoms with van der Waals surface area (Å²) in [5.74, 6) is 2.06. The molecular formula is C27H21ClN4O2. The number of allylic oxidation sites excluding steroid dienone is 1. The highest BCUT2D eigenvalue weighted by molar-refractivity contribution is 6.31. The van der Waals surface area contributed by atoms with Crippen molar-refractivity contribution in [2.45, 2.75) is 31.6 Å². The molecule has 0 unspecified atom stereocenters. The van der Waals surface area contributed by atoms with E-state index in [0.717, 1.165) is 5.56 Å². The van der Waals surface area contributed by atoms with E-state index in [0.29, 0.717) is 46.1 Å². The first-order valence-electron chi connectivity index (χ1n) is 11.0. The molecule has 0 saturated carbocycles. The molecule has 2 N–H and O–H groups in total. The largest absolute Gasteiger partial charge is 0.384 e. The molecule has 2 aromatic rings. The Hall–Kier alpha value is -4.00. The number of nitriles is 1. The molecule has 0 aromatic heterocycles. The molecule has 168 valence electrons. The van der Waals surface area contributed by atoms with Gasteiger partial charge in [0.2, 0.25) is 5.91 Å². The zero-order valence-electron chi connectivity index (χ0n) is 18.6. The van der Waals surface area contributed by atoms with Crippen molar-refractivity contribution >= 4 is 34.7 Å². The van der Waals surface area contributed by atoms with Gasteiger partial charge < -0.3 is 5.73 Å². The van der Waals surface area contributed by atoms with Gasteiger partial charge in [0.1, 0.15) is 17.3 Å². The first-order valence-corrected chi connectivity index (χ1v) is 11.3. The maximum Gasteiger partial charge on any atom is 0.248 e. The van der Waals surface area contributed by atoms with Crippen LogP contribution < -0.4 is 15.5 Å². The first-order chi connectivity index (χ1) is 16.4. The highest BCUT2D eigenvalue weighted by Crippen LogP contribution is 2.56. The fourth-order valence-electron chi connectivity index (χ4n) is 5.48. The van der Waals surface area contributed by atoms with Crippen molar-refractivity contribution < 1.29 is 9.59 Å².